The summed E-state index contributed by atoms with van der Waals surface area (Å²) in [6, 6.07) is 16.1. The number of hydrogen-bond donors (Lipinski definition) is 1. The molecule has 3 atom stereocenters. The van der Waals surface area contributed by atoms with Crippen molar-refractivity contribution in [3.8, 4) is 0 Å². The Labute approximate surface area is 151 Å². The molecule has 0 heterocycles. The lowest BCUT2D eigenvalue weighted by Gasteiger charge is -2.12. The van der Waals surface area contributed by atoms with Gasteiger partial charge in [0.25, 0.3) is 0 Å². The average Bonchev–Trinajstić information content (AvgIpc) is 3.21. The molecular weight excluding hydrogens is 390 g/mol. The third-order valence-corrected chi connectivity index (χ3v) is 7.33. The summed E-state index contributed by atoms with van der Waals surface area (Å²) in [5, 5.41) is -0.680. The van der Waals surface area contributed by atoms with Crippen molar-refractivity contribution in [3.05, 3.63) is 64.6 Å². The van der Waals surface area contributed by atoms with Crippen molar-refractivity contribution in [3.63, 3.8) is 0 Å². The van der Waals surface area contributed by atoms with Gasteiger partial charge < -0.3 is 10.5 Å². The van der Waals surface area contributed by atoms with Crippen molar-refractivity contribution in [2.24, 2.45) is 5.73 Å². The summed E-state index contributed by atoms with van der Waals surface area (Å²) >= 11 is 3.40. The number of benzene rings is 2. The maximum Gasteiger partial charge on any atom is 0.183 e. The van der Waals surface area contributed by atoms with Crippen LogP contribution < -0.4 is 5.73 Å². The normalized spacial score (nSPS) is 26.3. The van der Waals surface area contributed by atoms with Crippen molar-refractivity contribution in [2.45, 2.75) is 28.5 Å². The Bertz CT molecular complexity index is 808. The molecule has 0 unspecified atom stereocenters. The van der Waals surface area contributed by atoms with Crippen LogP contribution in [0, 0.1) is 0 Å². The van der Waals surface area contributed by atoms with Crippen LogP contribution in [0.25, 0.3) is 0 Å². The Morgan fingerprint density at radius 3 is 2.33 bits per heavy atom. The fourth-order valence-corrected chi connectivity index (χ4v) is 5.83. The second kappa shape index (κ2) is 6.59. The van der Waals surface area contributed by atoms with Gasteiger partial charge in [-0.2, -0.15) is 0 Å². The smallest absolute Gasteiger partial charge is 0.183 e. The standard InChI is InChI=1S/C18H20BrNO3S/c1-2-23-12-18(20)16(13-8-10-14(19)11-9-13)17(18)24(21,22)15-6-4-3-5-7-15/h3-11,16-17H,2,12,20H2,1H3/t16-,17+,18-/m0/s1. The lowest BCUT2D eigenvalue weighted by atomic mass is 10.1. The molecule has 0 radical (unpaired) electrons. The summed E-state index contributed by atoms with van der Waals surface area (Å²) < 4.78 is 32.6. The van der Waals surface area contributed by atoms with Crippen LogP contribution in [-0.2, 0) is 14.6 Å². The van der Waals surface area contributed by atoms with E-state index in [0.717, 1.165) is 10.0 Å². The van der Waals surface area contributed by atoms with Gasteiger partial charge in [0.1, 0.15) is 0 Å². The van der Waals surface area contributed by atoms with Crippen LogP contribution in [0.1, 0.15) is 18.4 Å². The number of ether oxygens (including phenoxy) is 1. The first-order chi connectivity index (χ1) is 11.4. The van der Waals surface area contributed by atoms with E-state index in [-0.39, 0.29) is 12.5 Å². The molecule has 24 heavy (non-hydrogen) atoms. The minimum absolute atomic E-state index is 0.223. The van der Waals surface area contributed by atoms with Gasteiger partial charge in [-0.25, -0.2) is 8.42 Å². The number of nitrogens with two attached hydrogens (primary N) is 1. The van der Waals surface area contributed by atoms with Gasteiger partial charge in [-0.3, -0.25) is 0 Å². The number of hydrogen-bond acceptors (Lipinski definition) is 4. The molecule has 6 heteroatoms. The molecule has 128 valence electrons. The van der Waals surface area contributed by atoms with E-state index < -0.39 is 20.6 Å². The first kappa shape index (κ1) is 17.6. The number of sulfone groups is 1. The summed E-state index contributed by atoms with van der Waals surface area (Å²) in [7, 11) is -3.53. The van der Waals surface area contributed by atoms with Crippen molar-refractivity contribution in [1.82, 2.24) is 0 Å². The van der Waals surface area contributed by atoms with Crippen LogP contribution >= 0.6 is 15.9 Å². The van der Waals surface area contributed by atoms with Crippen molar-refractivity contribution in [1.29, 1.82) is 0 Å². The van der Waals surface area contributed by atoms with E-state index in [1.165, 1.54) is 0 Å². The van der Waals surface area contributed by atoms with E-state index >= 15 is 0 Å². The summed E-state index contributed by atoms with van der Waals surface area (Å²) in [4.78, 5) is 0.306. The first-order valence-electron chi connectivity index (χ1n) is 7.82. The second-order valence-corrected chi connectivity index (χ2v) is 9.04. The van der Waals surface area contributed by atoms with E-state index in [4.69, 9.17) is 10.5 Å². The molecule has 0 aliphatic heterocycles. The zero-order chi connectivity index (χ0) is 17.4. The highest BCUT2D eigenvalue weighted by Crippen LogP contribution is 2.55. The minimum Gasteiger partial charge on any atom is -0.380 e. The molecule has 2 N–H and O–H groups in total. The molecular formula is C18H20BrNO3S. The third-order valence-electron chi connectivity index (χ3n) is 4.49. The zero-order valence-corrected chi connectivity index (χ0v) is 15.8. The fourth-order valence-electron chi connectivity index (χ4n) is 3.25. The summed E-state index contributed by atoms with van der Waals surface area (Å²) in [6.07, 6.45) is 0. The lowest BCUT2D eigenvalue weighted by molar-refractivity contribution is 0.125. The zero-order valence-electron chi connectivity index (χ0n) is 13.4. The van der Waals surface area contributed by atoms with Crippen LogP contribution in [0.3, 0.4) is 0 Å². The minimum atomic E-state index is -3.53. The molecule has 0 aromatic heterocycles. The molecule has 0 bridgehead atoms. The number of halogens is 1. The van der Waals surface area contributed by atoms with E-state index in [1.807, 2.05) is 31.2 Å². The van der Waals surface area contributed by atoms with E-state index in [1.54, 1.807) is 30.3 Å². The summed E-state index contributed by atoms with van der Waals surface area (Å²) in [6.45, 7) is 2.60. The van der Waals surface area contributed by atoms with Gasteiger partial charge in [-0.1, -0.05) is 46.3 Å². The molecule has 0 saturated heterocycles. The molecule has 4 nitrogen and oxygen atoms in total. The van der Waals surface area contributed by atoms with Crippen LogP contribution in [-0.4, -0.2) is 32.4 Å². The van der Waals surface area contributed by atoms with E-state index in [9.17, 15) is 8.42 Å². The van der Waals surface area contributed by atoms with Crippen LogP contribution in [0.4, 0.5) is 0 Å². The topological polar surface area (TPSA) is 69.4 Å². The molecule has 2 aromatic rings. The summed E-state index contributed by atoms with van der Waals surface area (Å²) in [5.74, 6) is -0.276. The molecule has 0 amide bonds. The second-order valence-electron chi connectivity index (χ2n) is 6.06. The van der Waals surface area contributed by atoms with Crippen LogP contribution in [0.5, 0.6) is 0 Å². The maximum absolute atomic E-state index is 13.1. The van der Waals surface area contributed by atoms with Gasteiger partial charge >= 0.3 is 0 Å². The molecule has 1 fully saturated rings. The third kappa shape index (κ3) is 3.04. The fraction of sp³-hybridized carbons (Fsp3) is 0.333. The van der Waals surface area contributed by atoms with Gasteiger partial charge in [-0.05, 0) is 36.8 Å². The van der Waals surface area contributed by atoms with Gasteiger partial charge in [0.15, 0.2) is 9.84 Å². The molecule has 0 spiro atoms. The van der Waals surface area contributed by atoms with E-state index in [2.05, 4.69) is 15.9 Å². The lowest BCUT2D eigenvalue weighted by Crippen LogP contribution is -2.36. The highest BCUT2D eigenvalue weighted by Gasteiger charge is 2.69. The summed E-state index contributed by atoms with van der Waals surface area (Å²) in [5.41, 5.74) is 6.52. The predicted octanol–water partition coefficient (Wildman–Crippen LogP) is 3.12. The highest BCUT2D eigenvalue weighted by molar-refractivity contribution is 9.10. The number of rotatable bonds is 6. The average molecular weight is 410 g/mol. The molecule has 1 saturated carbocycles. The molecule has 1 aliphatic rings. The Morgan fingerprint density at radius 2 is 1.75 bits per heavy atom. The van der Waals surface area contributed by atoms with Gasteiger partial charge in [-0.15, -0.1) is 0 Å². The first-order valence-corrected chi connectivity index (χ1v) is 10.2. The highest BCUT2D eigenvalue weighted by atomic mass is 79.9. The van der Waals surface area contributed by atoms with Gasteiger partial charge in [0, 0.05) is 17.0 Å². The largest absolute Gasteiger partial charge is 0.380 e. The Morgan fingerprint density at radius 1 is 1.12 bits per heavy atom. The van der Waals surface area contributed by atoms with Crippen molar-refractivity contribution < 1.29 is 13.2 Å². The van der Waals surface area contributed by atoms with Crippen LogP contribution in [0.2, 0.25) is 0 Å². The van der Waals surface area contributed by atoms with Crippen molar-refractivity contribution in [2.75, 3.05) is 13.2 Å². The Hall–Kier alpha value is -1.21. The Kier molecular flexibility index (Phi) is 4.84. The quantitative estimate of drug-likeness (QED) is 0.795. The predicted molar refractivity (Wildman–Crippen MR) is 97.7 cm³/mol. The monoisotopic (exact) mass is 409 g/mol. The van der Waals surface area contributed by atoms with Crippen molar-refractivity contribution >= 4 is 25.8 Å². The van der Waals surface area contributed by atoms with Crippen LogP contribution in [0.15, 0.2) is 64.0 Å². The Balaban J connectivity index is 1.99. The molecule has 2 aromatic carbocycles. The molecule has 3 rings (SSSR count). The van der Waals surface area contributed by atoms with E-state index in [0.29, 0.717) is 11.5 Å². The molecule has 1 aliphatic carbocycles. The van der Waals surface area contributed by atoms with Gasteiger partial charge in [0.05, 0.1) is 22.3 Å². The van der Waals surface area contributed by atoms with Gasteiger partial charge in [0.2, 0.25) is 0 Å². The maximum atomic E-state index is 13.1. The SMILES string of the molecule is CCOC[C@@]1(N)[C@H](S(=O)(=O)c2ccccc2)[C@@H]1c1ccc(Br)cc1.